The molecule has 7 nitrogen and oxygen atoms in total. The van der Waals surface area contributed by atoms with Gasteiger partial charge in [0.25, 0.3) is 10.0 Å². The summed E-state index contributed by atoms with van der Waals surface area (Å²) in [5.74, 6) is 4.81. The molecule has 0 atom stereocenters. The van der Waals surface area contributed by atoms with Gasteiger partial charge in [0.2, 0.25) is 0 Å². The second-order valence-electron chi connectivity index (χ2n) is 3.49. The molecular weight excluding hydrogens is 273 g/mol. The Hall–Kier alpha value is -2.26. The maximum absolute atomic E-state index is 12.7. The SMILES string of the molecule is NNc1cc(S(=O)(=O)Nc2ccc(F)cn2)ccn1. The van der Waals surface area contributed by atoms with Crippen LogP contribution in [0.1, 0.15) is 0 Å². The summed E-state index contributed by atoms with van der Waals surface area (Å²) in [7, 11) is -3.83. The standard InChI is InChI=1S/C10H10FN5O2S/c11-7-1-2-9(14-6-7)16-19(17,18)8-3-4-13-10(5-8)15-12/h1-6H,12H2,(H,13,15)(H,14,16). The predicted molar refractivity (Wildman–Crippen MR) is 67.1 cm³/mol. The molecule has 0 saturated heterocycles. The van der Waals surface area contributed by atoms with Crippen molar-refractivity contribution in [2.45, 2.75) is 4.90 Å². The van der Waals surface area contributed by atoms with Crippen molar-refractivity contribution in [1.29, 1.82) is 0 Å². The number of hydrogen-bond donors (Lipinski definition) is 3. The molecule has 2 aromatic heterocycles. The van der Waals surface area contributed by atoms with Gasteiger partial charge in [-0.1, -0.05) is 0 Å². The van der Waals surface area contributed by atoms with Gasteiger partial charge >= 0.3 is 0 Å². The average Bonchev–Trinajstić information content (AvgIpc) is 2.41. The predicted octanol–water partition coefficient (Wildman–Crippen LogP) is 0.702. The van der Waals surface area contributed by atoms with Gasteiger partial charge in [0.15, 0.2) is 0 Å². The van der Waals surface area contributed by atoms with Crippen molar-refractivity contribution in [2.75, 3.05) is 10.1 Å². The number of hydrazine groups is 1. The monoisotopic (exact) mass is 283 g/mol. The molecule has 0 radical (unpaired) electrons. The van der Waals surface area contributed by atoms with Crippen LogP contribution in [0.2, 0.25) is 0 Å². The second kappa shape index (κ2) is 5.16. The molecule has 0 spiro atoms. The lowest BCUT2D eigenvalue weighted by molar-refractivity contribution is 0.600. The van der Waals surface area contributed by atoms with Crippen molar-refractivity contribution in [2.24, 2.45) is 5.84 Å². The van der Waals surface area contributed by atoms with E-state index in [1.165, 1.54) is 24.4 Å². The molecule has 2 aromatic rings. The first-order chi connectivity index (χ1) is 9.01. The lowest BCUT2D eigenvalue weighted by Gasteiger charge is -2.08. The van der Waals surface area contributed by atoms with Crippen LogP contribution in [0.25, 0.3) is 0 Å². The Bertz CT molecular complexity index is 675. The van der Waals surface area contributed by atoms with Crippen LogP contribution in [-0.4, -0.2) is 18.4 Å². The summed E-state index contributed by atoms with van der Waals surface area (Å²) in [5, 5.41) is 0. The number of nitrogens with one attached hydrogen (secondary N) is 2. The number of nitrogens with zero attached hydrogens (tertiary/aromatic N) is 2. The number of halogens is 1. The Morgan fingerprint density at radius 2 is 1.95 bits per heavy atom. The van der Waals surface area contributed by atoms with E-state index in [4.69, 9.17) is 5.84 Å². The third kappa shape index (κ3) is 3.14. The fourth-order valence-electron chi connectivity index (χ4n) is 1.29. The van der Waals surface area contributed by atoms with Gasteiger partial charge in [-0.05, 0) is 18.2 Å². The summed E-state index contributed by atoms with van der Waals surface area (Å²) in [6, 6.07) is 4.87. The van der Waals surface area contributed by atoms with E-state index in [1.807, 2.05) is 0 Å². The summed E-state index contributed by atoms with van der Waals surface area (Å²) in [4.78, 5) is 7.37. The maximum atomic E-state index is 12.7. The van der Waals surface area contributed by atoms with Crippen LogP contribution < -0.4 is 16.0 Å². The molecule has 0 aliphatic rings. The number of pyridine rings is 2. The summed E-state index contributed by atoms with van der Waals surface area (Å²) in [6.07, 6.45) is 2.21. The van der Waals surface area contributed by atoms with E-state index >= 15 is 0 Å². The van der Waals surface area contributed by atoms with Crippen LogP contribution in [0.15, 0.2) is 41.6 Å². The summed E-state index contributed by atoms with van der Waals surface area (Å²) in [6.45, 7) is 0. The largest absolute Gasteiger partial charge is 0.308 e. The van der Waals surface area contributed by atoms with Gasteiger partial charge in [0.1, 0.15) is 17.5 Å². The third-order valence-electron chi connectivity index (χ3n) is 2.16. The molecule has 0 saturated carbocycles. The molecule has 0 unspecified atom stereocenters. The highest BCUT2D eigenvalue weighted by Crippen LogP contribution is 2.16. The quantitative estimate of drug-likeness (QED) is 0.563. The van der Waals surface area contributed by atoms with Gasteiger partial charge in [0.05, 0.1) is 11.1 Å². The minimum Gasteiger partial charge on any atom is -0.308 e. The normalized spacial score (nSPS) is 11.1. The molecule has 0 bridgehead atoms. The number of nitrogen functional groups attached to an aromatic ring is 1. The minimum atomic E-state index is -3.83. The van der Waals surface area contributed by atoms with Crippen molar-refractivity contribution in [3.63, 3.8) is 0 Å². The molecule has 0 aromatic carbocycles. The average molecular weight is 283 g/mol. The number of hydrogen-bond acceptors (Lipinski definition) is 6. The molecule has 9 heteroatoms. The highest BCUT2D eigenvalue weighted by atomic mass is 32.2. The lowest BCUT2D eigenvalue weighted by Crippen LogP contribution is -2.15. The molecule has 100 valence electrons. The Morgan fingerprint density at radius 1 is 1.16 bits per heavy atom. The smallest absolute Gasteiger partial charge is 0.263 e. The summed E-state index contributed by atoms with van der Waals surface area (Å²) in [5.41, 5.74) is 2.24. The topological polar surface area (TPSA) is 110 Å². The Labute approximate surface area is 108 Å². The summed E-state index contributed by atoms with van der Waals surface area (Å²) >= 11 is 0. The van der Waals surface area contributed by atoms with Crippen LogP contribution in [0, 0.1) is 5.82 Å². The van der Waals surface area contributed by atoms with E-state index in [1.54, 1.807) is 0 Å². The van der Waals surface area contributed by atoms with Crippen LogP contribution in [0.4, 0.5) is 16.0 Å². The Morgan fingerprint density at radius 3 is 2.58 bits per heavy atom. The molecular formula is C10H10FN5O2S. The molecule has 0 aliphatic heterocycles. The Kier molecular flexibility index (Phi) is 3.58. The van der Waals surface area contributed by atoms with Gasteiger partial charge in [-0.3, -0.25) is 4.72 Å². The minimum absolute atomic E-state index is 0.0143. The highest BCUT2D eigenvalue weighted by molar-refractivity contribution is 7.92. The molecule has 2 heterocycles. The molecule has 19 heavy (non-hydrogen) atoms. The van der Waals surface area contributed by atoms with Crippen molar-refractivity contribution >= 4 is 21.7 Å². The number of rotatable bonds is 4. The zero-order chi connectivity index (χ0) is 13.9. The van der Waals surface area contributed by atoms with Crippen molar-refractivity contribution < 1.29 is 12.8 Å². The van der Waals surface area contributed by atoms with Crippen LogP contribution in [0.3, 0.4) is 0 Å². The number of sulfonamides is 1. The molecule has 0 amide bonds. The molecule has 0 fully saturated rings. The number of aromatic nitrogens is 2. The highest BCUT2D eigenvalue weighted by Gasteiger charge is 2.15. The van der Waals surface area contributed by atoms with Crippen LogP contribution in [-0.2, 0) is 10.0 Å². The van der Waals surface area contributed by atoms with Crippen molar-refractivity contribution in [1.82, 2.24) is 9.97 Å². The first kappa shape index (κ1) is 13.2. The van der Waals surface area contributed by atoms with Gasteiger partial charge in [-0.15, -0.1) is 0 Å². The summed E-state index contributed by atoms with van der Waals surface area (Å²) < 4.78 is 38.9. The van der Waals surface area contributed by atoms with E-state index in [0.717, 1.165) is 12.3 Å². The zero-order valence-corrected chi connectivity index (χ0v) is 10.4. The van der Waals surface area contributed by atoms with E-state index in [0.29, 0.717) is 0 Å². The third-order valence-corrected chi connectivity index (χ3v) is 3.51. The lowest BCUT2D eigenvalue weighted by atomic mass is 10.5. The Balaban J connectivity index is 2.29. The van der Waals surface area contributed by atoms with Gasteiger partial charge in [0, 0.05) is 12.3 Å². The number of anilines is 2. The van der Waals surface area contributed by atoms with Gasteiger partial charge in [-0.2, -0.15) is 0 Å². The molecule has 0 aliphatic carbocycles. The van der Waals surface area contributed by atoms with Crippen molar-refractivity contribution in [3.8, 4) is 0 Å². The second-order valence-corrected chi connectivity index (χ2v) is 5.17. The first-order valence-corrected chi connectivity index (χ1v) is 6.56. The van der Waals surface area contributed by atoms with E-state index < -0.39 is 15.8 Å². The van der Waals surface area contributed by atoms with Crippen LogP contribution in [0.5, 0.6) is 0 Å². The van der Waals surface area contributed by atoms with Crippen LogP contribution >= 0.6 is 0 Å². The van der Waals surface area contributed by atoms with Crippen molar-refractivity contribution in [3.05, 3.63) is 42.5 Å². The first-order valence-electron chi connectivity index (χ1n) is 5.08. The van der Waals surface area contributed by atoms with E-state index in [2.05, 4.69) is 20.1 Å². The zero-order valence-electron chi connectivity index (χ0n) is 9.54. The van der Waals surface area contributed by atoms with Gasteiger partial charge < -0.3 is 5.43 Å². The van der Waals surface area contributed by atoms with E-state index in [-0.39, 0.29) is 16.5 Å². The molecule has 2 rings (SSSR count). The fraction of sp³-hybridized carbons (Fsp3) is 0. The molecule has 4 N–H and O–H groups in total. The number of nitrogens with two attached hydrogens (primary N) is 1. The van der Waals surface area contributed by atoms with Gasteiger partial charge in [-0.25, -0.2) is 28.6 Å². The van der Waals surface area contributed by atoms with E-state index in [9.17, 15) is 12.8 Å². The fourth-order valence-corrected chi connectivity index (χ4v) is 2.31. The maximum Gasteiger partial charge on any atom is 0.263 e.